The molecular formula is C20H26N4O2S. The first-order valence-electron chi connectivity index (χ1n) is 9.57. The van der Waals surface area contributed by atoms with Crippen molar-refractivity contribution in [1.82, 2.24) is 15.1 Å². The summed E-state index contributed by atoms with van der Waals surface area (Å²) in [4.78, 5) is 26.9. The first kappa shape index (κ1) is 19.5. The van der Waals surface area contributed by atoms with Crippen molar-refractivity contribution >= 4 is 28.3 Å². The predicted octanol–water partition coefficient (Wildman–Crippen LogP) is 3.93. The lowest BCUT2D eigenvalue weighted by molar-refractivity contribution is -0.121. The number of piperidine rings is 1. The van der Waals surface area contributed by atoms with Crippen molar-refractivity contribution in [2.75, 3.05) is 18.4 Å². The Bertz CT molecular complexity index is 769. The van der Waals surface area contributed by atoms with Crippen LogP contribution in [0.3, 0.4) is 0 Å². The number of likely N-dealkylation sites (tertiary alicyclic amines) is 1. The molecule has 0 bridgehead atoms. The fourth-order valence-electron chi connectivity index (χ4n) is 3.36. The van der Waals surface area contributed by atoms with Gasteiger partial charge in [0.25, 0.3) is 5.91 Å². The zero-order chi connectivity index (χ0) is 19.2. The van der Waals surface area contributed by atoms with Crippen molar-refractivity contribution < 1.29 is 9.59 Å². The van der Waals surface area contributed by atoms with Crippen LogP contribution in [0.5, 0.6) is 0 Å². The smallest absolute Gasteiger partial charge is 0.253 e. The highest BCUT2D eigenvalue weighted by molar-refractivity contribution is 7.15. The van der Waals surface area contributed by atoms with Crippen LogP contribution in [0.25, 0.3) is 0 Å². The van der Waals surface area contributed by atoms with E-state index < -0.39 is 0 Å². The number of hydrogen-bond donors (Lipinski definition) is 1. The van der Waals surface area contributed by atoms with E-state index >= 15 is 0 Å². The molecule has 1 aliphatic rings. The van der Waals surface area contributed by atoms with Gasteiger partial charge in [0.15, 0.2) is 0 Å². The number of carbonyl (C=O) groups is 2. The number of nitrogens with zero attached hydrogens (tertiary/aromatic N) is 3. The summed E-state index contributed by atoms with van der Waals surface area (Å²) in [6.07, 6.45) is 3.50. The number of rotatable bonds is 6. The Hall–Kier alpha value is -2.28. The Labute approximate surface area is 164 Å². The average Bonchev–Trinajstić information content (AvgIpc) is 3.17. The molecule has 144 valence electrons. The average molecular weight is 387 g/mol. The number of aromatic nitrogens is 2. The van der Waals surface area contributed by atoms with Crippen LogP contribution >= 0.6 is 11.3 Å². The number of amides is 2. The number of hydrogen-bond acceptors (Lipinski definition) is 5. The largest absolute Gasteiger partial charge is 0.339 e. The molecule has 0 radical (unpaired) electrons. The second kappa shape index (κ2) is 9.08. The van der Waals surface area contributed by atoms with Crippen LogP contribution in [0.15, 0.2) is 30.3 Å². The van der Waals surface area contributed by atoms with Gasteiger partial charge in [-0.2, -0.15) is 0 Å². The van der Waals surface area contributed by atoms with E-state index in [1.54, 1.807) is 0 Å². The molecule has 2 amide bonds. The van der Waals surface area contributed by atoms with Crippen LogP contribution in [0, 0.1) is 5.92 Å². The van der Waals surface area contributed by atoms with Gasteiger partial charge in [-0.25, -0.2) is 0 Å². The molecule has 3 rings (SSSR count). The van der Waals surface area contributed by atoms with Gasteiger partial charge in [0, 0.05) is 30.5 Å². The topological polar surface area (TPSA) is 75.2 Å². The van der Waals surface area contributed by atoms with E-state index in [1.165, 1.54) is 11.3 Å². The van der Waals surface area contributed by atoms with E-state index in [9.17, 15) is 9.59 Å². The molecule has 27 heavy (non-hydrogen) atoms. The maximum absolute atomic E-state index is 12.5. The molecule has 0 spiro atoms. The first-order valence-corrected chi connectivity index (χ1v) is 10.4. The Kier molecular flexibility index (Phi) is 6.55. The van der Waals surface area contributed by atoms with Gasteiger partial charge in [0.1, 0.15) is 5.01 Å². The van der Waals surface area contributed by atoms with Crippen molar-refractivity contribution in [2.24, 2.45) is 5.92 Å². The normalized spacial score (nSPS) is 16.1. The van der Waals surface area contributed by atoms with Crippen molar-refractivity contribution in [3.05, 3.63) is 40.9 Å². The first-order chi connectivity index (χ1) is 13.1. The molecule has 1 N–H and O–H groups in total. The van der Waals surface area contributed by atoms with Gasteiger partial charge in [-0.3, -0.25) is 9.59 Å². The number of carbonyl (C=O) groups excluding carboxylic acids is 2. The predicted molar refractivity (Wildman–Crippen MR) is 107 cm³/mol. The quantitative estimate of drug-likeness (QED) is 0.816. The molecule has 7 heteroatoms. The summed E-state index contributed by atoms with van der Waals surface area (Å²) in [5.74, 6) is 0.288. The van der Waals surface area contributed by atoms with Crippen LogP contribution in [0.2, 0.25) is 0 Å². The maximum atomic E-state index is 12.5. The van der Waals surface area contributed by atoms with E-state index in [4.69, 9.17) is 0 Å². The Morgan fingerprint density at radius 1 is 1.22 bits per heavy atom. The molecule has 1 aromatic carbocycles. The standard InChI is InChI=1S/C20H26N4O2S/c1-3-7-14(2)18-22-23-20(27-18)21-17(25)15-10-12-24(13-11-15)19(26)16-8-5-4-6-9-16/h4-6,8-9,14-15H,3,7,10-13H2,1-2H3,(H,21,23,25)/t14-/m1/s1. The van der Waals surface area contributed by atoms with Gasteiger partial charge in [-0.1, -0.05) is 49.8 Å². The minimum atomic E-state index is -0.0924. The van der Waals surface area contributed by atoms with Gasteiger partial charge in [-0.05, 0) is 31.4 Å². The number of benzene rings is 1. The van der Waals surface area contributed by atoms with Gasteiger partial charge >= 0.3 is 0 Å². The van der Waals surface area contributed by atoms with Crippen LogP contribution in [0.1, 0.15) is 60.8 Å². The molecule has 0 saturated carbocycles. The molecule has 2 heterocycles. The molecule has 1 aliphatic heterocycles. The molecule has 1 fully saturated rings. The Morgan fingerprint density at radius 2 is 1.93 bits per heavy atom. The minimum absolute atomic E-state index is 0.0207. The highest BCUT2D eigenvalue weighted by atomic mass is 32.1. The van der Waals surface area contributed by atoms with Crippen LogP contribution in [-0.4, -0.2) is 40.0 Å². The van der Waals surface area contributed by atoms with Gasteiger partial charge in [0.05, 0.1) is 0 Å². The van der Waals surface area contributed by atoms with E-state index in [-0.39, 0.29) is 17.7 Å². The Morgan fingerprint density at radius 3 is 2.59 bits per heavy atom. The van der Waals surface area contributed by atoms with E-state index in [0.717, 1.165) is 17.8 Å². The van der Waals surface area contributed by atoms with Crippen LogP contribution in [0.4, 0.5) is 5.13 Å². The lowest BCUT2D eigenvalue weighted by Crippen LogP contribution is -2.41. The SMILES string of the molecule is CCC[C@@H](C)c1nnc(NC(=O)C2CCN(C(=O)c3ccccc3)CC2)s1. The molecule has 1 aromatic heterocycles. The molecule has 1 atom stereocenters. The molecule has 6 nitrogen and oxygen atoms in total. The monoisotopic (exact) mass is 386 g/mol. The zero-order valence-electron chi connectivity index (χ0n) is 15.9. The Balaban J connectivity index is 1.51. The van der Waals surface area contributed by atoms with E-state index in [2.05, 4.69) is 29.4 Å². The van der Waals surface area contributed by atoms with E-state index in [0.29, 0.717) is 42.5 Å². The molecule has 0 unspecified atom stereocenters. The fraction of sp³-hybridized carbons (Fsp3) is 0.500. The molecule has 2 aromatic rings. The third kappa shape index (κ3) is 4.91. The molecule has 1 saturated heterocycles. The number of anilines is 1. The van der Waals surface area contributed by atoms with Crippen molar-refractivity contribution in [1.29, 1.82) is 0 Å². The number of nitrogens with one attached hydrogen (secondary N) is 1. The van der Waals surface area contributed by atoms with Crippen LogP contribution in [-0.2, 0) is 4.79 Å². The summed E-state index contributed by atoms with van der Waals surface area (Å²) in [5.41, 5.74) is 0.697. The van der Waals surface area contributed by atoms with Gasteiger partial charge in [0.2, 0.25) is 11.0 Å². The van der Waals surface area contributed by atoms with Crippen molar-refractivity contribution in [3.8, 4) is 0 Å². The van der Waals surface area contributed by atoms with Crippen molar-refractivity contribution in [3.63, 3.8) is 0 Å². The second-order valence-electron chi connectivity index (χ2n) is 7.06. The third-order valence-corrected chi connectivity index (χ3v) is 6.06. The fourth-order valence-corrected chi connectivity index (χ4v) is 4.19. The van der Waals surface area contributed by atoms with Gasteiger partial charge < -0.3 is 10.2 Å². The summed E-state index contributed by atoms with van der Waals surface area (Å²) in [5, 5.41) is 12.8. The summed E-state index contributed by atoms with van der Waals surface area (Å²) in [6.45, 7) is 5.48. The summed E-state index contributed by atoms with van der Waals surface area (Å²) < 4.78 is 0. The molecular weight excluding hydrogens is 360 g/mol. The zero-order valence-corrected chi connectivity index (χ0v) is 16.7. The summed E-state index contributed by atoms with van der Waals surface area (Å²) in [7, 11) is 0. The summed E-state index contributed by atoms with van der Waals surface area (Å²) in [6, 6.07) is 9.28. The van der Waals surface area contributed by atoms with Crippen molar-refractivity contribution in [2.45, 2.75) is 45.4 Å². The third-order valence-electron chi connectivity index (χ3n) is 4.99. The second-order valence-corrected chi connectivity index (χ2v) is 8.07. The van der Waals surface area contributed by atoms with Crippen LogP contribution < -0.4 is 5.32 Å². The maximum Gasteiger partial charge on any atom is 0.253 e. The van der Waals surface area contributed by atoms with E-state index in [1.807, 2.05) is 35.2 Å². The highest BCUT2D eigenvalue weighted by Crippen LogP contribution is 2.27. The van der Waals surface area contributed by atoms with Gasteiger partial charge in [-0.15, -0.1) is 10.2 Å². The summed E-state index contributed by atoms with van der Waals surface area (Å²) >= 11 is 1.46. The minimum Gasteiger partial charge on any atom is -0.339 e. The lowest BCUT2D eigenvalue weighted by Gasteiger charge is -2.31. The highest BCUT2D eigenvalue weighted by Gasteiger charge is 2.28. The molecule has 0 aliphatic carbocycles. The lowest BCUT2D eigenvalue weighted by atomic mass is 9.95.